The van der Waals surface area contributed by atoms with E-state index in [1.165, 1.54) is 23.1 Å². The van der Waals surface area contributed by atoms with E-state index in [-0.39, 0.29) is 36.9 Å². The van der Waals surface area contributed by atoms with Crippen molar-refractivity contribution in [2.24, 2.45) is 0 Å². The molecule has 2 heterocycles. The number of methoxy groups -OCH3 is 1. The Kier molecular flexibility index (Phi) is 5.19. The molecule has 0 spiro atoms. The van der Waals surface area contributed by atoms with E-state index in [0.29, 0.717) is 17.5 Å². The predicted octanol–water partition coefficient (Wildman–Crippen LogP) is 4.28. The molecule has 6 nitrogen and oxygen atoms in total. The highest BCUT2D eigenvalue weighted by Crippen LogP contribution is 2.34. The minimum absolute atomic E-state index is 0.0588. The van der Waals surface area contributed by atoms with Gasteiger partial charge in [-0.05, 0) is 35.9 Å². The molecule has 0 aliphatic carbocycles. The van der Waals surface area contributed by atoms with Crippen molar-refractivity contribution in [3.8, 4) is 17.1 Å². The van der Waals surface area contributed by atoms with Crippen LogP contribution in [0.2, 0.25) is 0 Å². The van der Waals surface area contributed by atoms with Gasteiger partial charge in [-0.25, -0.2) is 0 Å². The zero-order valence-corrected chi connectivity index (χ0v) is 16.0. The van der Waals surface area contributed by atoms with Gasteiger partial charge in [-0.1, -0.05) is 23.4 Å². The van der Waals surface area contributed by atoms with Crippen LogP contribution in [0.15, 0.2) is 53.1 Å². The Balaban J connectivity index is 1.49. The standard InChI is InChI=1S/C21H18F3N3O3/c1-29-16-8-6-13(7-9-16)19-25-20(30-26-19)15-10-18(28)27(12-15)11-14-4-2-3-5-17(14)21(22,23)24/h2-9,15H,10-12H2,1H3. The summed E-state index contributed by atoms with van der Waals surface area (Å²) in [5, 5.41) is 3.96. The van der Waals surface area contributed by atoms with Crippen molar-refractivity contribution < 1.29 is 27.2 Å². The largest absolute Gasteiger partial charge is 0.497 e. The quantitative estimate of drug-likeness (QED) is 0.620. The van der Waals surface area contributed by atoms with E-state index in [0.717, 1.165) is 11.6 Å². The van der Waals surface area contributed by atoms with E-state index in [2.05, 4.69) is 10.1 Å². The van der Waals surface area contributed by atoms with Crippen molar-refractivity contribution in [2.45, 2.75) is 25.1 Å². The molecule has 3 aromatic rings. The molecule has 1 fully saturated rings. The van der Waals surface area contributed by atoms with Crippen LogP contribution < -0.4 is 4.74 Å². The molecule has 1 amide bonds. The smallest absolute Gasteiger partial charge is 0.416 e. The highest BCUT2D eigenvalue weighted by atomic mass is 19.4. The minimum Gasteiger partial charge on any atom is -0.497 e. The number of nitrogens with zero attached hydrogens (tertiary/aromatic N) is 3. The van der Waals surface area contributed by atoms with Gasteiger partial charge in [-0.3, -0.25) is 4.79 Å². The monoisotopic (exact) mass is 417 g/mol. The fourth-order valence-electron chi connectivity index (χ4n) is 3.49. The summed E-state index contributed by atoms with van der Waals surface area (Å²) in [6, 6.07) is 12.4. The third kappa shape index (κ3) is 4.00. The lowest BCUT2D eigenvalue weighted by Crippen LogP contribution is -2.26. The number of likely N-dealkylation sites (tertiary alicyclic amines) is 1. The van der Waals surface area contributed by atoms with E-state index in [4.69, 9.17) is 9.26 Å². The summed E-state index contributed by atoms with van der Waals surface area (Å²) in [6.45, 7) is 0.0970. The molecule has 30 heavy (non-hydrogen) atoms. The Morgan fingerprint density at radius 1 is 1.17 bits per heavy atom. The van der Waals surface area contributed by atoms with Crippen LogP contribution in [0.1, 0.15) is 29.4 Å². The summed E-state index contributed by atoms with van der Waals surface area (Å²) in [7, 11) is 1.57. The number of aromatic nitrogens is 2. The maximum atomic E-state index is 13.2. The van der Waals surface area contributed by atoms with Crippen LogP contribution in [-0.2, 0) is 17.5 Å². The third-order valence-electron chi connectivity index (χ3n) is 5.04. The van der Waals surface area contributed by atoms with Gasteiger partial charge in [0.25, 0.3) is 0 Å². The molecule has 2 aromatic carbocycles. The average Bonchev–Trinajstić information content (AvgIpc) is 3.35. The van der Waals surface area contributed by atoms with Gasteiger partial charge in [0, 0.05) is 25.1 Å². The third-order valence-corrected chi connectivity index (χ3v) is 5.04. The topological polar surface area (TPSA) is 68.5 Å². The van der Waals surface area contributed by atoms with Gasteiger partial charge in [0.2, 0.25) is 17.6 Å². The van der Waals surface area contributed by atoms with Gasteiger partial charge >= 0.3 is 6.18 Å². The molecule has 0 N–H and O–H groups in total. The van der Waals surface area contributed by atoms with Crippen LogP contribution >= 0.6 is 0 Å². The van der Waals surface area contributed by atoms with Crippen LogP contribution in [0.3, 0.4) is 0 Å². The van der Waals surface area contributed by atoms with Crippen LogP contribution in [0.4, 0.5) is 13.2 Å². The number of ether oxygens (including phenoxy) is 1. The van der Waals surface area contributed by atoms with E-state index in [9.17, 15) is 18.0 Å². The van der Waals surface area contributed by atoms with Crippen LogP contribution in [0.5, 0.6) is 5.75 Å². The predicted molar refractivity (Wildman–Crippen MR) is 101 cm³/mol. The Hall–Kier alpha value is -3.36. The zero-order valence-electron chi connectivity index (χ0n) is 16.0. The molecule has 1 atom stereocenters. The normalized spacial score (nSPS) is 16.9. The second-order valence-corrected chi connectivity index (χ2v) is 7.01. The molecular formula is C21H18F3N3O3. The number of benzene rings is 2. The maximum absolute atomic E-state index is 13.2. The Bertz CT molecular complexity index is 1050. The van der Waals surface area contributed by atoms with Crippen LogP contribution in [0.25, 0.3) is 11.4 Å². The van der Waals surface area contributed by atoms with Gasteiger partial charge < -0.3 is 14.2 Å². The molecule has 0 saturated carbocycles. The van der Waals surface area contributed by atoms with Crippen molar-refractivity contribution in [2.75, 3.05) is 13.7 Å². The first-order valence-corrected chi connectivity index (χ1v) is 9.26. The molecule has 1 unspecified atom stereocenters. The fraction of sp³-hybridized carbons (Fsp3) is 0.286. The summed E-state index contributed by atoms with van der Waals surface area (Å²) >= 11 is 0. The second-order valence-electron chi connectivity index (χ2n) is 7.01. The molecule has 1 aliphatic rings. The van der Waals surface area contributed by atoms with Gasteiger partial charge in [-0.2, -0.15) is 18.2 Å². The number of rotatable bonds is 5. The van der Waals surface area contributed by atoms with E-state index in [1.54, 1.807) is 31.4 Å². The van der Waals surface area contributed by atoms with Crippen LogP contribution in [-0.4, -0.2) is 34.6 Å². The number of amides is 1. The average molecular weight is 417 g/mol. The molecule has 4 rings (SSSR count). The number of hydrogen-bond acceptors (Lipinski definition) is 5. The highest BCUT2D eigenvalue weighted by Gasteiger charge is 2.37. The zero-order chi connectivity index (χ0) is 21.3. The lowest BCUT2D eigenvalue weighted by molar-refractivity contribution is -0.139. The van der Waals surface area contributed by atoms with Crippen molar-refractivity contribution in [3.63, 3.8) is 0 Å². The molecule has 0 radical (unpaired) electrons. The summed E-state index contributed by atoms with van der Waals surface area (Å²) in [4.78, 5) is 18.2. The Labute approximate surface area is 170 Å². The van der Waals surface area contributed by atoms with E-state index in [1.807, 2.05) is 0 Å². The molecule has 1 saturated heterocycles. The molecule has 1 aromatic heterocycles. The summed E-state index contributed by atoms with van der Waals surface area (Å²) in [6.07, 6.45) is -4.36. The van der Waals surface area contributed by atoms with Gasteiger partial charge in [0.05, 0.1) is 18.6 Å². The van der Waals surface area contributed by atoms with Crippen LogP contribution in [0, 0.1) is 0 Å². The summed E-state index contributed by atoms with van der Waals surface area (Å²) in [5.74, 6) is 0.747. The lowest BCUT2D eigenvalue weighted by atomic mass is 10.1. The highest BCUT2D eigenvalue weighted by molar-refractivity contribution is 5.79. The SMILES string of the molecule is COc1ccc(-c2noc(C3CC(=O)N(Cc4ccccc4C(F)(F)F)C3)n2)cc1. The number of hydrogen-bond donors (Lipinski definition) is 0. The maximum Gasteiger partial charge on any atom is 0.416 e. The first kappa shape index (κ1) is 19.9. The first-order chi connectivity index (χ1) is 14.3. The van der Waals surface area contributed by atoms with E-state index >= 15 is 0 Å². The van der Waals surface area contributed by atoms with Gasteiger partial charge in [0.15, 0.2) is 0 Å². The Morgan fingerprint density at radius 2 is 1.90 bits per heavy atom. The molecule has 0 bridgehead atoms. The van der Waals surface area contributed by atoms with Crippen molar-refractivity contribution in [1.82, 2.24) is 15.0 Å². The first-order valence-electron chi connectivity index (χ1n) is 9.26. The number of alkyl halides is 3. The summed E-state index contributed by atoms with van der Waals surface area (Å²) < 4.78 is 50.1. The van der Waals surface area contributed by atoms with E-state index < -0.39 is 11.7 Å². The second kappa shape index (κ2) is 7.81. The molecule has 156 valence electrons. The van der Waals surface area contributed by atoms with Gasteiger partial charge in [0.1, 0.15) is 5.75 Å². The minimum atomic E-state index is -4.47. The summed E-state index contributed by atoms with van der Waals surface area (Å²) in [5.41, 5.74) is 0.0513. The number of carbonyl (C=O) groups excluding carboxylic acids is 1. The Morgan fingerprint density at radius 3 is 2.60 bits per heavy atom. The van der Waals surface area contributed by atoms with Crippen molar-refractivity contribution >= 4 is 5.91 Å². The number of carbonyl (C=O) groups is 1. The molecule has 9 heteroatoms. The fourth-order valence-corrected chi connectivity index (χ4v) is 3.49. The van der Waals surface area contributed by atoms with Crippen molar-refractivity contribution in [3.05, 3.63) is 65.5 Å². The number of halogens is 3. The molecule has 1 aliphatic heterocycles. The lowest BCUT2D eigenvalue weighted by Gasteiger charge is -2.19. The molecular weight excluding hydrogens is 399 g/mol. The van der Waals surface area contributed by atoms with Gasteiger partial charge in [-0.15, -0.1) is 0 Å². The van der Waals surface area contributed by atoms with Crippen molar-refractivity contribution in [1.29, 1.82) is 0 Å².